The van der Waals surface area contributed by atoms with Gasteiger partial charge < -0.3 is 0 Å². The molecule has 0 N–H and O–H groups in total. The Hall–Kier alpha value is -1.47. The van der Waals surface area contributed by atoms with Crippen LogP contribution in [0, 0.1) is 0 Å². The SMILES string of the molecule is CC(=O)CC(=O)C(F)(OC(F)(F)C(F)(F)C(F)(F)F)C(F)(F)F. The van der Waals surface area contributed by atoms with Crippen molar-refractivity contribution in [1.29, 1.82) is 0 Å². The van der Waals surface area contributed by atoms with E-state index in [4.69, 9.17) is 0 Å². The van der Waals surface area contributed by atoms with E-state index in [1.807, 2.05) is 4.74 Å². The summed E-state index contributed by atoms with van der Waals surface area (Å²) in [7, 11) is 0. The van der Waals surface area contributed by atoms with Crippen LogP contribution >= 0.6 is 0 Å². The van der Waals surface area contributed by atoms with Crippen molar-refractivity contribution in [2.45, 2.75) is 43.6 Å². The van der Waals surface area contributed by atoms with Crippen molar-refractivity contribution in [3.05, 3.63) is 0 Å². The molecule has 0 radical (unpaired) electrons. The van der Waals surface area contributed by atoms with Crippen LogP contribution in [0.4, 0.5) is 48.3 Å². The molecule has 0 bridgehead atoms. The quantitative estimate of drug-likeness (QED) is 0.531. The van der Waals surface area contributed by atoms with E-state index in [0.29, 0.717) is 6.92 Å². The summed E-state index contributed by atoms with van der Waals surface area (Å²) in [5.41, 5.74) is 0. The van der Waals surface area contributed by atoms with E-state index in [2.05, 4.69) is 0 Å². The standard InChI is InChI=1S/C9H5F11O3/c1-3(21)2-4(22)5(10,7(13,14)15)23-9(19,20)6(11,12)8(16,17)18/h2H2,1H3. The zero-order chi connectivity index (χ0) is 19.1. The Kier molecular flexibility index (Phi) is 5.49. The van der Waals surface area contributed by atoms with Crippen molar-refractivity contribution in [1.82, 2.24) is 0 Å². The summed E-state index contributed by atoms with van der Waals surface area (Å²) in [6.45, 7) is 0.400. The van der Waals surface area contributed by atoms with Gasteiger partial charge in [0.2, 0.25) is 5.78 Å². The number of carbonyl (C=O) groups excluding carboxylic acids is 2. The first-order valence-corrected chi connectivity index (χ1v) is 5.10. The van der Waals surface area contributed by atoms with E-state index in [9.17, 15) is 57.9 Å². The first-order chi connectivity index (χ1) is 9.79. The summed E-state index contributed by atoms with van der Waals surface area (Å²) in [6.07, 6.45) is -23.0. The van der Waals surface area contributed by atoms with Crippen molar-refractivity contribution in [3.8, 4) is 0 Å². The fourth-order valence-corrected chi connectivity index (χ4v) is 1.02. The van der Waals surface area contributed by atoms with Crippen LogP contribution in [0.25, 0.3) is 0 Å². The second-order valence-electron chi connectivity index (χ2n) is 4.09. The third kappa shape index (κ3) is 4.09. The van der Waals surface area contributed by atoms with E-state index >= 15 is 0 Å². The molecule has 136 valence electrons. The lowest BCUT2D eigenvalue weighted by Crippen LogP contribution is -2.61. The lowest BCUT2D eigenvalue weighted by atomic mass is 10.1. The molecular formula is C9H5F11O3. The van der Waals surface area contributed by atoms with E-state index < -0.39 is 48.2 Å². The maximum absolute atomic E-state index is 13.4. The average molecular weight is 370 g/mol. The molecule has 1 unspecified atom stereocenters. The largest absolute Gasteiger partial charge is 0.462 e. The van der Waals surface area contributed by atoms with Gasteiger partial charge in [-0.25, -0.2) is 0 Å². The van der Waals surface area contributed by atoms with Gasteiger partial charge >= 0.3 is 30.2 Å². The van der Waals surface area contributed by atoms with Crippen LogP contribution < -0.4 is 0 Å². The van der Waals surface area contributed by atoms with Crippen molar-refractivity contribution in [2.75, 3.05) is 0 Å². The maximum Gasteiger partial charge on any atom is 0.462 e. The Morgan fingerprint density at radius 1 is 0.783 bits per heavy atom. The lowest BCUT2D eigenvalue weighted by Gasteiger charge is -2.34. The molecule has 0 aliphatic carbocycles. The molecule has 3 nitrogen and oxygen atoms in total. The van der Waals surface area contributed by atoms with Gasteiger partial charge in [0.15, 0.2) is 0 Å². The Labute approximate surface area is 119 Å². The molecule has 23 heavy (non-hydrogen) atoms. The van der Waals surface area contributed by atoms with Crippen molar-refractivity contribution in [3.63, 3.8) is 0 Å². The van der Waals surface area contributed by atoms with Gasteiger partial charge in [-0.05, 0) is 6.92 Å². The summed E-state index contributed by atoms with van der Waals surface area (Å²) in [5.74, 6) is -18.1. The summed E-state index contributed by atoms with van der Waals surface area (Å²) in [6, 6.07) is 0. The van der Waals surface area contributed by atoms with Gasteiger partial charge in [0.05, 0.1) is 6.42 Å². The lowest BCUT2D eigenvalue weighted by molar-refractivity contribution is -0.472. The number of carbonyl (C=O) groups is 2. The minimum atomic E-state index is -7.25. The predicted molar refractivity (Wildman–Crippen MR) is 47.2 cm³/mol. The van der Waals surface area contributed by atoms with E-state index in [-0.39, 0.29) is 0 Å². The van der Waals surface area contributed by atoms with Crippen molar-refractivity contribution in [2.24, 2.45) is 0 Å². The van der Waals surface area contributed by atoms with Crippen LogP contribution in [0.2, 0.25) is 0 Å². The van der Waals surface area contributed by atoms with Gasteiger partial charge in [0.25, 0.3) is 0 Å². The highest BCUT2D eigenvalue weighted by molar-refractivity contribution is 6.01. The summed E-state index contributed by atoms with van der Waals surface area (Å²) in [4.78, 5) is 21.3. The van der Waals surface area contributed by atoms with Crippen LogP contribution in [0.3, 0.4) is 0 Å². The fourth-order valence-electron chi connectivity index (χ4n) is 1.02. The molecule has 0 rings (SSSR count). The number of alkyl halides is 11. The molecule has 1 atom stereocenters. The molecule has 14 heteroatoms. The molecule has 0 aromatic carbocycles. The zero-order valence-electron chi connectivity index (χ0n) is 10.6. The second kappa shape index (κ2) is 5.87. The average Bonchev–Trinajstić information content (AvgIpc) is 2.23. The van der Waals surface area contributed by atoms with Crippen molar-refractivity contribution < 1.29 is 62.6 Å². The van der Waals surface area contributed by atoms with Gasteiger partial charge in [-0.1, -0.05) is 0 Å². The van der Waals surface area contributed by atoms with Crippen LogP contribution in [0.5, 0.6) is 0 Å². The van der Waals surface area contributed by atoms with E-state index in [0.717, 1.165) is 0 Å². The highest BCUT2D eigenvalue weighted by Gasteiger charge is 2.79. The number of rotatable bonds is 6. The number of hydrogen-bond acceptors (Lipinski definition) is 3. The summed E-state index contributed by atoms with van der Waals surface area (Å²) in [5, 5.41) is 0. The van der Waals surface area contributed by atoms with Gasteiger partial charge in [0, 0.05) is 0 Å². The molecule has 0 aliphatic heterocycles. The first-order valence-electron chi connectivity index (χ1n) is 5.10. The molecule has 0 heterocycles. The number of Topliss-reactive ketones (excluding diaryl/α,β-unsaturated/α-hetero) is 2. The van der Waals surface area contributed by atoms with Gasteiger partial charge in [0.1, 0.15) is 5.78 Å². The Bertz CT molecular complexity index is 478. The number of ketones is 2. The van der Waals surface area contributed by atoms with E-state index in [1.165, 1.54) is 0 Å². The monoisotopic (exact) mass is 370 g/mol. The molecule has 0 spiro atoms. The molecule has 0 saturated carbocycles. The van der Waals surface area contributed by atoms with E-state index in [1.54, 1.807) is 0 Å². The minimum absolute atomic E-state index is 0.400. The highest BCUT2D eigenvalue weighted by Crippen LogP contribution is 2.51. The molecule has 0 aromatic heterocycles. The van der Waals surface area contributed by atoms with Crippen LogP contribution in [0.1, 0.15) is 13.3 Å². The second-order valence-corrected chi connectivity index (χ2v) is 4.09. The Morgan fingerprint density at radius 3 is 1.43 bits per heavy atom. The first kappa shape index (κ1) is 21.5. The fraction of sp³-hybridized carbons (Fsp3) is 0.778. The minimum Gasteiger partial charge on any atom is -0.300 e. The van der Waals surface area contributed by atoms with Gasteiger partial charge in [-0.15, -0.1) is 0 Å². The molecule has 0 fully saturated rings. The van der Waals surface area contributed by atoms with Crippen LogP contribution in [-0.2, 0) is 14.3 Å². The Balaban J connectivity index is 5.92. The smallest absolute Gasteiger partial charge is 0.300 e. The van der Waals surface area contributed by atoms with Crippen molar-refractivity contribution >= 4 is 11.6 Å². The van der Waals surface area contributed by atoms with Gasteiger partial charge in [-0.2, -0.15) is 48.3 Å². The number of ether oxygens (including phenoxy) is 1. The molecular weight excluding hydrogens is 365 g/mol. The predicted octanol–water partition coefficient (Wildman–Crippen LogP) is 3.57. The summed E-state index contributed by atoms with van der Waals surface area (Å²) < 4.78 is 138. The van der Waals surface area contributed by atoms with Crippen LogP contribution in [-0.4, -0.2) is 41.8 Å². The third-order valence-electron chi connectivity index (χ3n) is 2.12. The molecule has 0 aliphatic rings. The zero-order valence-corrected chi connectivity index (χ0v) is 10.6. The third-order valence-corrected chi connectivity index (χ3v) is 2.12. The van der Waals surface area contributed by atoms with Gasteiger partial charge in [-0.3, -0.25) is 14.3 Å². The topological polar surface area (TPSA) is 43.4 Å². The summed E-state index contributed by atoms with van der Waals surface area (Å²) >= 11 is 0. The Morgan fingerprint density at radius 2 is 1.17 bits per heavy atom. The molecule has 0 aromatic rings. The number of hydrogen-bond donors (Lipinski definition) is 0. The maximum atomic E-state index is 13.4. The number of halogens is 11. The highest BCUT2D eigenvalue weighted by atomic mass is 19.4. The molecule has 0 saturated heterocycles. The normalized spacial score (nSPS) is 16.9. The molecule has 0 amide bonds. The van der Waals surface area contributed by atoms with Crippen LogP contribution in [0.15, 0.2) is 0 Å².